The normalized spacial score (nSPS) is 11.9. The molecule has 0 aromatic heterocycles. The van der Waals surface area contributed by atoms with Crippen LogP contribution in [0.3, 0.4) is 0 Å². The summed E-state index contributed by atoms with van der Waals surface area (Å²) in [5.74, 6) is -0.846. The molecule has 3 aromatic rings. The summed E-state index contributed by atoms with van der Waals surface area (Å²) in [6.45, 7) is 2.09. The molecule has 0 saturated carbocycles. The lowest BCUT2D eigenvalue weighted by Gasteiger charge is -2.15. The lowest BCUT2D eigenvalue weighted by Crippen LogP contribution is -2.05. The van der Waals surface area contributed by atoms with Crippen LogP contribution in [0.4, 0.5) is 0 Å². The number of fused-ring (bicyclic) bond motifs is 3. The first kappa shape index (κ1) is 15.6. The molecule has 25 heavy (non-hydrogen) atoms. The van der Waals surface area contributed by atoms with Crippen molar-refractivity contribution in [2.45, 2.75) is 26.2 Å². The second-order valence-corrected chi connectivity index (χ2v) is 6.55. The summed E-state index contributed by atoms with van der Waals surface area (Å²) in [7, 11) is 0. The van der Waals surface area contributed by atoms with Gasteiger partial charge in [-0.05, 0) is 57.9 Å². The van der Waals surface area contributed by atoms with Crippen molar-refractivity contribution in [1.82, 2.24) is 0 Å². The summed E-state index contributed by atoms with van der Waals surface area (Å²) >= 11 is 0. The molecule has 3 aromatic carbocycles. The zero-order valence-corrected chi connectivity index (χ0v) is 14.3. The zero-order valence-electron chi connectivity index (χ0n) is 14.3. The van der Waals surface area contributed by atoms with Crippen molar-refractivity contribution in [2.75, 3.05) is 0 Å². The summed E-state index contributed by atoms with van der Waals surface area (Å²) in [4.78, 5) is 11.7. The van der Waals surface area contributed by atoms with Crippen molar-refractivity contribution in [3.63, 3.8) is 0 Å². The molecule has 0 unspecified atom stereocenters. The van der Waals surface area contributed by atoms with Crippen molar-refractivity contribution >= 4 is 5.97 Å². The highest BCUT2D eigenvalue weighted by molar-refractivity contribution is 5.93. The third kappa shape index (κ3) is 2.54. The van der Waals surface area contributed by atoms with Gasteiger partial charge in [0, 0.05) is 0 Å². The van der Waals surface area contributed by atoms with Crippen LogP contribution in [0.1, 0.15) is 40.4 Å². The minimum absolute atomic E-state index is 0.424. The van der Waals surface area contributed by atoms with E-state index in [2.05, 4.69) is 55.5 Å². The smallest absolute Gasteiger partial charge is 0.335 e. The Morgan fingerprint density at radius 1 is 0.880 bits per heavy atom. The maximum absolute atomic E-state index is 11.7. The number of hydrogen-bond acceptors (Lipinski definition) is 1. The van der Waals surface area contributed by atoms with Gasteiger partial charge in [-0.15, -0.1) is 0 Å². The summed E-state index contributed by atoms with van der Waals surface area (Å²) in [5, 5.41) is 9.60. The fraction of sp³-hybridized carbons (Fsp3) is 0.174. The van der Waals surface area contributed by atoms with Crippen LogP contribution in [0.2, 0.25) is 0 Å². The second kappa shape index (κ2) is 6.21. The van der Waals surface area contributed by atoms with Gasteiger partial charge in [-0.25, -0.2) is 4.79 Å². The highest BCUT2D eigenvalue weighted by Gasteiger charge is 2.23. The number of carboxylic acid groups (broad SMARTS) is 1. The van der Waals surface area contributed by atoms with E-state index < -0.39 is 5.97 Å². The number of hydrogen-bond donors (Lipinski definition) is 1. The fourth-order valence-electron chi connectivity index (χ4n) is 3.97. The number of benzene rings is 3. The third-order valence-corrected chi connectivity index (χ3v) is 5.05. The standard InChI is InChI=1S/C23H20O2/c1-2-7-17-19(11-6-13-21(17)23(24)25)20-12-5-10-18-16-9-4-3-8-15(16)14-22(18)20/h3-6,8-13H,2,7,14H2,1H3,(H,24,25). The fourth-order valence-corrected chi connectivity index (χ4v) is 3.97. The van der Waals surface area contributed by atoms with Crippen LogP contribution >= 0.6 is 0 Å². The highest BCUT2D eigenvalue weighted by atomic mass is 16.4. The molecule has 1 N–H and O–H groups in total. The molecule has 0 atom stereocenters. The first-order valence-corrected chi connectivity index (χ1v) is 8.76. The van der Waals surface area contributed by atoms with E-state index in [1.54, 1.807) is 6.07 Å². The quantitative estimate of drug-likeness (QED) is 0.531. The Labute approximate surface area is 147 Å². The highest BCUT2D eigenvalue weighted by Crippen LogP contribution is 2.42. The van der Waals surface area contributed by atoms with Crippen molar-refractivity contribution < 1.29 is 9.90 Å². The molecular formula is C23H20O2. The maximum atomic E-state index is 11.7. The predicted octanol–water partition coefficient (Wildman–Crippen LogP) is 5.58. The van der Waals surface area contributed by atoms with Crippen molar-refractivity contribution in [3.05, 3.63) is 82.9 Å². The van der Waals surface area contributed by atoms with Crippen LogP contribution in [-0.2, 0) is 12.8 Å². The van der Waals surface area contributed by atoms with Gasteiger partial charge in [0.05, 0.1) is 5.56 Å². The molecular weight excluding hydrogens is 308 g/mol. The van der Waals surface area contributed by atoms with E-state index in [4.69, 9.17) is 0 Å². The van der Waals surface area contributed by atoms with E-state index >= 15 is 0 Å². The Morgan fingerprint density at radius 2 is 1.52 bits per heavy atom. The number of carbonyl (C=O) groups is 1. The Hall–Kier alpha value is -2.87. The zero-order chi connectivity index (χ0) is 17.4. The predicted molar refractivity (Wildman–Crippen MR) is 101 cm³/mol. The van der Waals surface area contributed by atoms with Crippen molar-refractivity contribution in [2.24, 2.45) is 0 Å². The molecule has 4 rings (SSSR count). The molecule has 0 radical (unpaired) electrons. The summed E-state index contributed by atoms with van der Waals surface area (Å²) in [6.07, 6.45) is 2.60. The largest absolute Gasteiger partial charge is 0.478 e. The van der Waals surface area contributed by atoms with E-state index in [0.717, 1.165) is 30.4 Å². The van der Waals surface area contributed by atoms with Gasteiger partial charge in [0.25, 0.3) is 0 Å². The summed E-state index contributed by atoms with van der Waals surface area (Å²) in [6, 6.07) is 20.5. The molecule has 0 fully saturated rings. The molecule has 0 bridgehead atoms. The molecule has 1 aliphatic rings. The topological polar surface area (TPSA) is 37.3 Å². The average Bonchev–Trinajstić information content (AvgIpc) is 3.01. The summed E-state index contributed by atoms with van der Waals surface area (Å²) < 4.78 is 0. The van der Waals surface area contributed by atoms with Crippen molar-refractivity contribution in [1.29, 1.82) is 0 Å². The maximum Gasteiger partial charge on any atom is 0.335 e. The first-order valence-electron chi connectivity index (χ1n) is 8.76. The van der Waals surface area contributed by atoms with E-state index in [1.807, 2.05) is 6.07 Å². The molecule has 0 amide bonds. The van der Waals surface area contributed by atoms with E-state index in [-0.39, 0.29) is 0 Å². The van der Waals surface area contributed by atoms with E-state index in [1.165, 1.54) is 27.8 Å². The lowest BCUT2D eigenvalue weighted by atomic mass is 9.88. The minimum Gasteiger partial charge on any atom is -0.478 e. The van der Waals surface area contributed by atoms with E-state index in [9.17, 15) is 9.90 Å². The second-order valence-electron chi connectivity index (χ2n) is 6.55. The lowest BCUT2D eigenvalue weighted by molar-refractivity contribution is 0.0695. The van der Waals surface area contributed by atoms with Gasteiger partial charge >= 0.3 is 5.97 Å². The van der Waals surface area contributed by atoms with Crippen LogP contribution in [-0.4, -0.2) is 11.1 Å². The molecule has 0 heterocycles. The monoisotopic (exact) mass is 328 g/mol. The third-order valence-electron chi connectivity index (χ3n) is 5.05. The number of carboxylic acids is 1. The van der Waals surface area contributed by atoms with Crippen molar-refractivity contribution in [3.8, 4) is 22.3 Å². The Morgan fingerprint density at radius 3 is 2.28 bits per heavy atom. The molecule has 2 heteroatoms. The Bertz CT molecular complexity index is 970. The van der Waals surface area contributed by atoms with Crippen LogP contribution in [0.5, 0.6) is 0 Å². The van der Waals surface area contributed by atoms with Crippen LogP contribution < -0.4 is 0 Å². The van der Waals surface area contributed by atoms with Crippen LogP contribution in [0.15, 0.2) is 60.7 Å². The molecule has 0 spiro atoms. The minimum atomic E-state index is -0.846. The number of rotatable bonds is 4. The van der Waals surface area contributed by atoms with Gasteiger partial charge in [-0.1, -0.05) is 67.9 Å². The Kier molecular flexibility index (Phi) is 3.89. The average molecular weight is 328 g/mol. The van der Waals surface area contributed by atoms with Crippen LogP contribution in [0.25, 0.3) is 22.3 Å². The first-order chi connectivity index (χ1) is 12.2. The van der Waals surface area contributed by atoms with Gasteiger partial charge < -0.3 is 5.11 Å². The molecule has 124 valence electrons. The van der Waals surface area contributed by atoms with Gasteiger partial charge in [-0.2, -0.15) is 0 Å². The van der Waals surface area contributed by atoms with E-state index in [0.29, 0.717) is 5.56 Å². The molecule has 2 nitrogen and oxygen atoms in total. The SMILES string of the molecule is CCCc1c(C(=O)O)cccc1-c1cccc2c1Cc1ccccc1-2. The Balaban J connectivity index is 1.94. The molecule has 0 aliphatic heterocycles. The van der Waals surface area contributed by atoms with Gasteiger partial charge in [0.2, 0.25) is 0 Å². The summed E-state index contributed by atoms with van der Waals surface area (Å²) in [5.41, 5.74) is 8.82. The molecule has 0 saturated heterocycles. The number of aromatic carboxylic acids is 1. The molecule has 1 aliphatic carbocycles. The van der Waals surface area contributed by atoms with Gasteiger partial charge in [0.15, 0.2) is 0 Å². The van der Waals surface area contributed by atoms with Gasteiger partial charge in [-0.3, -0.25) is 0 Å². The van der Waals surface area contributed by atoms with Gasteiger partial charge in [0.1, 0.15) is 0 Å². The van der Waals surface area contributed by atoms with Crippen LogP contribution in [0, 0.1) is 0 Å².